The Balaban J connectivity index is 1.20. The number of aliphatic hydroxyl groups excluding tert-OH is 5. The number of carbonyl (C=O) groups excluding carboxylic acids is 3. The van der Waals surface area contributed by atoms with E-state index in [-0.39, 0.29) is 56.0 Å². The molecule has 2 aromatic rings. The highest BCUT2D eigenvalue weighted by molar-refractivity contribution is 5.87. The number of carboxylic acid groups (broad SMARTS) is 1. The number of aromatic hydroxyl groups is 1. The van der Waals surface area contributed by atoms with Gasteiger partial charge in [-0.2, -0.15) is 0 Å². The Morgan fingerprint density at radius 2 is 1.61 bits per heavy atom. The maximum atomic E-state index is 13.9. The predicted octanol–water partition coefficient (Wildman–Crippen LogP) is -0.301. The number of ether oxygens (including phenoxy) is 5. The molecule has 2 aliphatic carbocycles. The lowest BCUT2D eigenvalue weighted by molar-refractivity contribution is -0.338. The summed E-state index contributed by atoms with van der Waals surface area (Å²) in [6, 6.07) is 4.05. The number of phenols is 1. The number of rotatable bonds is 18. The monoisotopic (exact) mass is 935 g/mol. The molecule has 1 aromatic carbocycles. The van der Waals surface area contributed by atoms with Crippen molar-refractivity contribution in [3.05, 3.63) is 40.2 Å². The maximum absolute atomic E-state index is 13.9. The molecular formula is C45H65N3O18. The first-order valence-corrected chi connectivity index (χ1v) is 22.9. The van der Waals surface area contributed by atoms with Crippen molar-refractivity contribution in [1.29, 1.82) is 0 Å². The van der Waals surface area contributed by atoms with Gasteiger partial charge in [0.1, 0.15) is 54.0 Å². The summed E-state index contributed by atoms with van der Waals surface area (Å²) in [5.74, 6) is -4.04. The van der Waals surface area contributed by atoms with Crippen LogP contribution in [0, 0.1) is 17.8 Å². The van der Waals surface area contributed by atoms with Gasteiger partial charge in [-0.25, -0.2) is 9.59 Å². The Morgan fingerprint density at radius 3 is 2.29 bits per heavy atom. The number of fused-ring (bicyclic) bond motifs is 1. The van der Waals surface area contributed by atoms with Crippen molar-refractivity contribution in [2.75, 3.05) is 19.7 Å². The molecule has 66 heavy (non-hydrogen) atoms. The van der Waals surface area contributed by atoms with E-state index in [4.69, 9.17) is 28.1 Å². The first kappa shape index (κ1) is 51.1. The van der Waals surface area contributed by atoms with Crippen molar-refractivity contribution >= 4 is 34.7 Å². The molecule has 2 saturated heterocycles. The maximum Gasteiger partial charge on any atom is 0.336 e. The standard InChI is InChI=1S/C45H65N3O18/c1-4-24-15-26(42(58)47-13-12-46-33(52)17-25-18-34(53)62-29-19-27(51)10-11-28(25)29)16-30(40(24)66-45-39(57)38(56)36(54)21(2)61-45)64-44-35(48-22(3)50)41(37(55)32(20-49)65-44)63-31(43(59)60)14-23-8-6-5-7-9-23/h10-11,18-19,21,23-24,26,30-32,35-41,44-45,49,51,54-57H,4-9,12-17,20H2,1-3H3,(H,46,52)(H,47,58)(H,48,50)(H,59,60)/t21-,24?,26?,30+,31-,32-,35?,36?,37?,38?,39-,40?,41?,44+,45?/m0/s1. The number of aliphatic carboxylic acids is 1. The van der Waals surface area contributed by atoms with Gasteiger partial charge >= 0.3 is 11.6 Å². The van der Waals surface area contributed by atoms with Gasteiger partial charge in [-0.1, -0.05) is 45.4 Å². The zero-order valence-corrected chi connectivity index (χ0v) is 37.4. The zero-order chi connectivity index (χ0) is 47.8. The molecule has 3 amide bonds. The van der Waals surface area contributed by atoms with Gasteiger partial charge in [-0.15, -0.1) is 0 Å². The summed E-state index contributed by atoms with van der Waals surface area (Å²) in [6.45, 7) is 3.81. The van der Waals surface area contributed by atoms with E-state index in [9.17, 15) is 59.7 Å². The fourth-order valence-corrected chi connectivity index (χ4v) is 9.71. The summed E-state index contributed by atoms with van der Waals surface area (Å²) < 4.78 is 36.2. The number of phenolic OH excluding ortho intramolecular Hbond substituents is 1. The third-order valence-electron chi connectivity index (χ3n) is 13.2. The van der Waals surface area contributed by atoms with E-state index in [1.165, 1.54) is 38.1 Å². The minimum Gasteiger partial charge on any atom is -0.508 e. The summed E-state index contributed by atoms with van der Waals surface area (Å²) >= 11 is 0. The molecule has 3 heterocycles. The summed E-state index contributed by atoms with van der Waals surface area (Å²) in [4.78, 5) is 64.4. The summed E-state index contributed by atoms with van der Waals surface area (Å²) in [7, 11) is 0. The number of benzene rings is 1. The van der Waals surface area contributed by atoms with Gasteiger partial charge < -0.3 is 79.8 Å². The Bertz CT molecular complexity index is 2030. The van der Waals surface area contributed by atoms with Crippen molar-refractivity contribution in [3.63, 3.8) is 0 Å². The van der Waals surface area contributed by atoms with Crippen LogP contribution in [0.25, 0.3) is 11.0 Å². The van der Waals surface area contributed by atoms with E-state index in [1.807, 2.05) is 6.92 Å². The summed E-state index contributed by atoms with van der Waals surface area (Å²) in [5, 5.41) is 82.7. The number of amides is 3. The van der Waals surface area contributed by atoms with Crippen LogP contribution < -0.4 is 21.6 Å². The topological polar surface area (TPSA) is 322 Å². The van der Waals surface area contributed by atoms with Crippen molar-refractivity contribution in [1.82, 2.24) is 16.0 Å². The van der Waals surface area contributed by atoms with Gasteiger partial charge in [-0.3, -0.25) is 14.4 Å². The number of nitrogens with one attached hydrogen (secondary N) is 3. The molecule has 0 bridgehead atoms. The highest BCUT2D eigenvalue weighted by Gasteiger charge is 2.53. The molecule has 10 N–H and O–H groups in total. The zero-order valence-electron chi connectivity index (χ0n) is 37.4. The Hall–Kier alpha value is -4.29. The second-order valence-corrected chi connectivity index (χ2v) is 18.0. The van der Waals surface area contributed by atoms with Gasteiger partial charge in [-0.05, 0) is 55.7 Å². The molecule has 21 heteroatoms. The van der Waals surface area contributed by atoms with Gasteiger partial charge in [0.05, 0.1) is 31.3 Å². The van der Waals surface area contributed by atoms with Crippen LogP contribution in [-0.2, 0) is 49.3 Å². The average Bonchev–Trinajstić information content (AvgIpc) is 3.27. The van der Waals surface area contributed by atoms with Crippen LogP contribution in [0.2, 0.25) is 0 Å². The van der Waals surface area contributed by atoms with E-state index in [1.54, 1.807) is 0 Å². The van der Waals surface area contributed by atoms with E-state index in [0.29, 0.717) is 17.4 Å². The molecule has 0 radical (unpaired) electrons. The Morgan fingerprint density at radius 1 is 0.879 bits per heavy atom. The fourth-order valence-electron chi connectivity index (χ4n) is 9.71. The van der Waals surface area contributed by atoms with Gasteiger partial charge in [0.25, 0.3) is 0 Å². The average molecular weight is 936 g/mol. The summed E-state index contributed by atoms with van der Waals surface area (Å²) in [6.07, 6.45) is -11.6. The molecule has 2 aliphatic heterocycles. The van der Waals surface area contributed by atoms with Crippen LogP contribution >= 0.6 is 0 Å². The smallest absolute Gasteiger partial charge is 0.336 e. The molecular weight excluding hydrogens is 870 g/mol. The Kier molecular flexibility index (Phi) is 17.9. The third kappa shape index (κ3) is 12.6. The molecule has 9 unspecified atom stereocenters. The second kappa shape index (κ2) is 23.1. The fraction of sp³-hybridized carbons (Fsp3) is 0.711. The predicted molar refractivity (Wildman–Crippen MR) is 229 cm³/mol. The van der Waals surface area contributed by atoms with E-state index >= 15 is 0 Å². The molecule has 4 fully saturated rings. The number of aliphatic hydroxyl groups is 5. The Labute approximate surface area is 381 Å². The molecule has 0 spiro atoms. The second-order valence-electron chi connectivity index (χ2n) is 18.0. The van der Waals surface area contributed by atoms with Crippen LogP contribution in [0.3, 0.4) is 0 Å². The van der Waals surface area contributed by atoms with Crippen molar-refractivity contribution in [3.8, 4) is 5.75 Å². The van der Waals surface area contributed by atoms with Crippen LogP contribution in [-0.4, -0.2) is 159 Å². The molecule has 15 atom stereocenters. The largest absolute Gasteiger partial charge is 0.508 e. The molecule has 21 nitrogen and oxygen atoms in total. The van der Waals surface area contributed by atoms with E-state index < -0.39 is 127 Å². The van der Waals surface area contributed by atoms with Gasteiger partial charge in [0.15, 0.2) is 18.7 Å². The van der Waals surface area contributed by atoms with Crippen LogP contribution in [0.15, 0.2) is 33.5 Å². The summed E-state index contributed by atoms with van der Waals surface area (Å²) in [5.41, 5.74) is -0.193. The third-order valence-corrected chi connectivity index (χ3v) is 13.2. The lowest BCUT2D eigenvalue weighted by Gasteiger charge is -2.49. The number of carbonyl (C=O) groups is 4. The van der Waals surface area contributed by atoms with Crippen LogP contribution in [0.5, 0.6) is 5.75 Å². The highest BCUT2D eigenvalue weighted by Crippen LogP contribution is 2.40. The first-order valence-electron chi connectivity index (χ1n) is 22.9. The molecule has 6 rings (SSSR count). The SMILES string of the molecule is CCC1CC(C(=O)NCCNC(=O)Cc2cc(=O)oc3cc(O)ccc23)C[C@@H](O[C@@H]2O[C@@H](CO)C(O)C(O[C@@H](CC3CCCCC3)C(=O)O)C2NC(C)=O)C1OC1O[C@@H](C)C(O)C(O)[C@@H]1O. The lowest BCUT2D eigenvalue weighted by atomic mass is 9.75. The van der Waals surface area contributed by atoms with Gasteiger partial charge in [0, 0.05) is 43.5 Å². The van der Waals surface area contributed by atoms with Crippen LogP contribution in [0.4, 0.5) is 0 Å². The molecule has 368 valence electrons. The van der Waals surface area contributed by atoms with Crippen molar-refractivity contribution in [2.45, 2.75) is 165 Å². The first-order chi connectivity index (χ1) is 31.5. The lowest BCUT2D eigenvalue weighted by Crippen LogP contribution is -2.67. The van der Waals surface area contributed by atoms with E-state index in [2.05, 4.69) is 16.0 Å². The molecule has 2 saturated carbocycles. The number of hydrogen-bond donors (Lipinski definition) is 10. The van der Waals surface area contributed by atoms with Crippen molar-refractivity contribution < 1.29 is 83.0 Å². The minimum atomic E-state index is -1.70. The minimum absolute atomic E-state index is 0.00606. The van der Waals surface area contributed by atoms with E-state index in [0.717, 1.165) is 32.1 Å². The number of hydrogen-bond acceptors (Lipinski definition) is 17. The molecule has 1 aromatic heterocycles. The number of carboxylic acids is 1. The van der Waals surface area contributed by atoms with Crippen molar-refractivity contribution in [2.24, 2.45) is 17.8 Å². The van der Waals surface area contributed by atoms with Gasteiger partial charge in [0.2, 0.25) is 17.7 Å². The normalized spacial score (nSPS) is 33.5. The molecule has 4 aliphatic rings. The highest BCUT2D eigenvalue weighted by atomic mass is 16.7. The quantitative estimate of drug-likeness (QED) is 0.0678. The van der Waals surface area contributed by atoms with Crippen LogP contribution in [0.1, 0.15) is 84.1 Å².